The van der Waals surface area contributed by atoms with Crippen molar-refractivity contribution < 1.29 is 24.1 Å². The van der Waals surface area contributed by atoms with Crippen LogP contribution in [0, 0.1) is 0 Å². The van der Waals surface area contributed by atoms with Crippen molar-refractivity contribution in [1.29, 1.82) is 0 Å². The van der Waals surface area contributed by atoms with Gasteiger partial charge in [-0.1, -0.05) is 0 Å². The summed E-state index contributed by atoms with van der Waals surface area (Å²) in [5, 5.41) is 2.71. The third kappa shape index (κ3) is 3.43. The summed E-state index contributed by atoms with van der Waals surface area (Å²) in [6.45, 7) is 1.57. The molecule has 84 valence electrons. The Morgan fingerprint density at radius 1 is 1.73 bits per heavy atom. The third-order valence-corrected chi connectivity index (χ3v) is 1.84. The summed E-state index contributed by atoms with van der Waals surface area (Å²) < 4.78 is 4.43. The quantitative estimate of drug-likeness (QED) is 0.296. The van der Waals surface area contributed by atoms with Crippen molar-refractivity contribution in [2.24, 2.45) is 0 Å². The van der Waals surface area contributed by atoms with Crippen LogP contribution < -0.4 is 5.32 Å². The van der Waals surface area contributed by atoms with E-state index in [1.807, 2.05) is 0 Å². The predicted molar refractivity (Wildman–Crippen MR) is 49.6 cm³/mol. The van der Waals surface area contributed by atoms with E-state index >= 15 is 0 Å². The number of hydrogen-bond acceptors (Lipinski definition) is 6. The van der Waals surface area contributed by atoms with Crippen molar-refractivity contribution in [2.75, 3.05) is 13.7 Å². The summed E-state index contributed by atoms with van der Waals surface area (Å²) in [4.78, 5) is 31.0. The molecule has 0 bridgehead atoms. The average molecular weight is 215 g/mol. The molecule has 1 rings (SSSR count). The number of methoxy groups -OCH3 is 1. The fraction of sp³-hybridized carbons (Fsp3) is 0.556. The minimum absolute atomic E-state index is 0.00662. The van der Waals surface area contributed by atoms with Gasteiger partial charge in [0, 0.05) is 0 Å². The SMILES string of the molecule is COC(=O)CNC1C=CC(C)(C=O)OO1. The number of esters is 1. The van der Waals surface area contributed by atoms with E-state index in [1.54, 1.807) is 19.1 Å². The van der Waals surface area contributed by atoms with Crippen LogP contribution >= 0.6 is 0 Å². The van der Waals surface area contributed by atoms with Gasteiger partial charge in [-0.15, -0.1) is 0 Å². The van der Waals surface area contributed by atoms with Crippen LogP contribution in [0.2, 0.25) is 0 Å². The fourth-order valence-corrected chi connectivity index (χ4v) is 0.911. The maximum absolute atomic E-state index is 10.8. The van der Waals surface area contributed by atoms with Gasteiger partial charge in [0.15, 0.2) is 18.1 Å². The molecule has 0 amide bonds. The lowest BCUT2D eigenvalue weighted by Crippen LogP contribution is -2.42. The Morgan fingerprint density at radius 3 is 2.93 bits per heavy atom. The van der Waals surface area contributed by atoms with Gasteiger partial charge in [0.2, 0.25) is 0 Å². The van der Waals surface area contributed by atoms with E-state index in [-0.39, 0.29) is 6.54 Å². The number of ether oxygens (including phenoxy) is 1. The summed E-state index contributed by atoms with van der Waals surface area (Å²) in [5.74, 6) is -0.407. The second-order valence-electron chi connectivity index (χ2n) is 3.22. The molecule has 0 saturated carbocycles. The fourth-order valence-electron chi connectivity index (χ4n) is 0.911. The molecule has 6 nitrogen and oxygen atoms in total. The first-order chi connectivity index (χ1) is 7.09. The summed E-state index contributed by atoms with van der Waals surface area (Å²) in [6.07, 6.45) is 3.22. The number of carbonyl (C=O) groups excluding carboxylic acids is 2. The second kappa shape index (κ2) is 5.01. The van der Waals surface area contributed by atoms with Crippen LogP contribution in [-0.4, -0.2) is 37.7 Å². The van der Waals surface area contributed by atoms with E-state index in [0.717, 1.165) is 0 Å². The van der Waals surface area contributed by atoms with Gasteiger partial charge < -0.3 is 4.74 Å². The van der Waals surface area contributed by atoms with Crippen molar-refractivity contribution in [3.8, 4) is 0 Å². The number of carbonyl (C=O) groups is 2. The molecule has 2 atom stereocenters. The maximum atomic E-state index is 10.8. The molecule has 0 aromatic carbocycles. The molecular weight excluding hydrogens is 202 g/mol. The minimum atomic E-state index is -1.05. The van der Waals surface area contributed by atoms with Gasteiger partial charge in [0.05, 0.1) is 13.7 Å². The van der Waals surface area contributed by atoms with Gasteiger partial charge in [-0.25, -0.2) is 9.78 Å². The van der Waals surface area contributed by atoms with Crippen LogP contribution in [0.4, 0.5) is 0 Å². The standard InChI is InChI=1S/C9H13NO5/c1-9(6-11)4-3-7(14-15-9)10-5-8(12)13-2/h3-4,6-7,10H,5H2,1-2H3. The molecule has 6 heteroatoms. The highest BCUT2D eigenvalue weighted by atomic mass is 17.2. The summed E-state index contributed by atoms with van der Waals surface area (Å²) in [6, 6.07) is 0. The van der Waals surface area contributed by atoms with E-state index in [1.165, 1.54) is 7.11 Å². The molecule has 2 unspecified atom stereocenters. The van der Waals surface area contributed by atoms with Crippen LogP contribution in [-0.2, 0) is 24.1 Å². The summed E-state index contributed by atoms with van der Waals surface area (Å²) >= 11 is 0. The third-order valence-electron chi connectivity index (χ3n) is 1.84. The number of rotatable bonds is 4. The molecule has 15 heavy (non-hydrogen) atoms. The smallest absolute Gasteiger partial charge is 0.319 e. The topological polar surface area (TPSA) is 73.9 Å². The van der Waals surface area contributed by atoms with Gasteiger partial charge in [-0.2, -0.15) is 0 Å². The Morgan fingerprint density at radius 2 is 2.47 bits per heavy atom. The van der Waals surface area contributed by atoms with Gasteiger partial charge in [0.1, 0.15) is 0 Å². The zero-order valence-electron chi connectivity index (χ0n) is 8.56. The number of aldehydes is 1. The molecule has 1 aliphatic heterocycles. The van der Waals surface area contributed by atoms with Crippen LogP contribution in [0.15, 0.2) is 12.2 Å². The van der Waals surface area contributed by atoms with Crippen molar-refractivity contribution in [3.05, 3.63) is 12.2 Å². The minimum Gasteiger partial charge on any atom is -0.468 e. The zero-order valence-corrected chi connectivity index (χ0v) is 8.56. The summed E-state index contributed by atoms with van der Waals surface area (Å²) in [7, 11) is 1.29. The predicted octanol–water partition coefficient (Wildman–Crippen LogP) is -0.449. The molecule has 1 heterocycles. The van der Waals surface area contributed by atoms with Gasteiger partial charge in [-0.05, 0) is 19.1 Å². The molecule has 0 fully saturated rings. The van der Waals surface area contributed by atoms with Crippen molar-refractivity contribution >= 4 is 12.3 Å². The highest BCUT2D eigenvalue weighted by molar-refractivity contribution is 5.71. The lowest BCUT2D eigenvalue weighted by atomic mass is 10.1. The Bertz CT molecular complexity index is 278. The van der Waals surface area contributed by atoms with E-state index in [0.29, 0.717) is 6.29 Å². The van der Waals surface area contributed by atoms with E-state index in [4.69, 9.17) is 9.78 Å². The molecule has 0 aromatic rings. The number of nitrogens with one attached hydrogen (secondary N) is 1. The highest BCUT2D eigenvalue weighted by Crippen LogP contribution is 2.16. The van der Waals surface area contributed by atoms with Crippen LogP contribution in [0.3, 0.4) is 0 Å². The molecule has 0 saturated heterocycles. The largest absolute Gasteiger partial charge is 0.468 e. The Balaban J connectivity index is 2.39. The van der Waals surface area contributed by atoms with Gasteiger partial charge in [0.25, 0.3) is 0 Å². The lowest BCUT2D eigenvalue weighted by molar-refractivity contribution is -0.360. The van der Waals surface area contributed by atoms with Crippen molar-refractivity contribution in [3.63, 3.8) is 0 Å². The number of hydrogen-bond donors (Lipinski definition) is 1. The van der Waals surface area contributed by atoms with E-state index in [2.05, 4.69) is 10.1 Å². The average Bonchev–Trinajstić information content (AvgIpc) is 2.28. The summed E-state index contributed by atoms with van der Waals surface area (Å²) in [5.41, 5.74) is -1.05. The highest BCUT2D eigenvalue weighted by Gasteiger charge is 2.28. The monoisotopic (exact) mass is 215 g/mol. The first-order valence-electron chi connectivity index (χ1n) is 4.40. The molecular formula is C9H13NO5. The van der Waals surface area contributed by atoms with E-state index in [9.17, 15) is 9.59 Å². The lowest BCUT2D eigenvalue weighted by Gasteiger charge is -2.26. The van der Waals surface area contributed by atoms with Crippen molar-refractivity contribution in [1.82, 2.24) is 5.32 Å². The molecule has 0 radical (unpaired) electrons. The Hall–Kier alpha value is -1.24. The maximum Gasteiger partial charge on any atom is 0.319 e. The van der Waals surface area contributed by atoms with E-state index < -0.39 is 17.8 Å². The first kappa shape index (κ1) is 11.8. The zero-order chi connectivity index (χ0) is 11.3. The Kier molecular flexibility index (Phi) is 3.96. The molecule has 1 aliphatic rings. The van der Waals surface area contributed by atoms with Crippen LogP contribution in [0.5, 0.6) is 0 Å². The van der Waals surface area contributed by atoms with Gasteiger partial charge >= 0.3 is 5.97 Å². The Labute approximate surface area is 87.1 Å². The molecule has 0 aromatic heterocycles. The normalized spacial score (nSPS) is 29.9. The molecule has 0 spiro atoms. The van der Waals surface area contributed by atoms with Gasteiger partial charge in [-0.3, -0.25) is 14.9 Å². The molecule has 0 aliphatic carbocycles. The molecule has 1 N–H and O–H groups in total. The first-order valence-corrected chi connectivity index (χ1v) is 4.40. The second-order valence-corrected chi connectivity index (χ2v) is 3.22. The van der Waals surface area contributed by atoms with Crippen LogP contribution in [0.25, 0.3) is 0 Å². The van der Waals surface area contributed by atoms with Crippen molar-refractivity contribution in [2.45, 2.75) is 18.8 Å². The van der Waals surface area contributed by atoms with Crippen LogP contribution in [0.1, 0.15) is 6.92 Å².